The van der Waals surface area contributed by atoms with E-state index in [1.165, 1.54) is 16.7 Å². The van der Waals surface area contributed by atoms with Crippen LogP contribution in [0.3, 0.4) is 0 Å². The van der Waals surface area contributed by atoms with Gasteiger partial charge in [-0.25, -0.2) is 4.52 Å². The smallest absolute Gasteiger partial charge is 0.137 e. The third-order valence-electron chi connectivity index (χ3n) is 2.81. The summed E-state index contributed by atoms with van der Waals surface area (Å²) in [7, 11) is 0. The zero-order chi connectivity index (χ0) is 10.4. The summed E-state index contributed by atoms with van der Waals surface area (Å²) in [6, 6.07) is 10.5. The van der Waals surface area contributed by atoms with Gasteiger partial charge in [-0.05, 0) is 26.0 Å². The molecule has 3 nitrogen and oxygen atoms in total. The molecule has 2 aromatic heterocycles. The monoisotopic (exact) mass is 199 g/mol. The SMILES string of the molecule is CCn1c2ccccc2n2nc(C)cc12. The number of benzene rings is 1. The van der Waals surface area contributed by atoms with E-state index in [1.54, 1.807) is 0 Å². The molecule has 0 bridgehead atoms. The van der Waals surface area contributed by atoms with Gasteiger partial charge in [-0.3, -0.25) is 0 Å². The summed E-state index contributed by atoms with van der Waals surface area (Å²) in [4.78, 5) is 0. The average molecular weight is 199 g/mol. The van der Waals surface area contributed by atoms with Gasteiger partial charge >= 0.3 is 0 Å². The average Bonchev–Trinajstić information content (AvgIpc) is 2.73. The van der Waals surface area contributed by atoms with Crippen molar-refractivity contribution in [3.8, 4) is 0 Å². The van der Waals surface area contributed by atoms with Gasteiger partial charge in [-0.15, -0.1) is 0 Å². The summed E-state index contributed by atoms with van der Waals surface area (Å²) in [5.41, 5.74) is 4.68. The molecule has 3 aromatic rings. The van der Waals surface area contributed by atoms with Crippen LogP contribution in [0.4, 0.5) is 0 Å². The van der Waals surface area contributed by atoms with Gasteiger partial charge in [0.2, 0.25) is 0 Å². The third kappa shape index (κ3) is 1.03. The van der Waals surface area contributed by atoms with Crippen LogP contribution in [0.15, 0.2) is 30.3 Å². The summed E-state index contributed by atoms with van der Waals surface area (Å²) in [6.07, 6.45) is 0. The lowest BCUT2D eigenvalue weighted by Gasteiger charge is -1.98. The Morgan fingerprint density at radius 3 is 2.67 bits per heavy atom. The molecule has 0 N–H and O–H groups in total. The lowest BCUT2D eigenvalue weighted by Crippen LogP contribution is -1.92. The molecule has 0 saturated carbocycles. The minimum absolute atomic E-state index is 0.974. The van der Waals surface area contributed by atoms with Crippen LogP contribution in [0.2, 0.25) is 0 Å². The Hall–Kier alpha value is -1.77. The minimum atomic E-state index is 0.974. The second-order valence-electron chi connectivity index (χ2n) is 3.79. The molecule has 1 aromatic carbocycles. The molecule has 3 heteroatoms. The molecule has 0 aliphatic carbocycles. The summed E-state index contributed by atoms with van der Waals surface area (Å²) >= 11 is 0. The molecule has 0 amide bonds. The molecule has 0 aliphatic rings. The summed E-state index contributed by atoms with van der Waals surface area (Å²) in [5.74, 6) is 0. The van der Waals surface area contributed by atoms with Crippen LogP contribution >= 0.6 is 0 Å². The quantitative estimate of drug-likeness (QED) is 0.590. The number of hydrogen-bond donors (Lipinski definition) is 0. The molecular formula is C12H13N3. The van der Waals surface area contributed by atoms with Gasteiger partial charge in [0.1, 0.15) is 5.65 Å². The number of imidazole rings is 1. The van der Waals surface area contributed by atoms with E-state index in [1.807, 2.05) is 11.4 Å². The van der Waals surface area contributed by atoms with Crippen molar-refractivity contribution in [2.24, 2.45) is 0 Å². The van der Waals surface area contributed by atoms with E-state index in [0.717, 1.165) is 12.2 Å². The summed E-state index contributed by atoms with van der Waals surface area (Å²) in [6.45, 7) is 5.17. The Bertz CT molecular complexity index is 631. The fraction of sp³-hybridized carbons (Fsp3) is 0.250. The van der Waals surface area contributed by atoms with Crippen LogP contribution in [0, 0.1) is 6.92 Å². The van der Waals surface area contributed by atoms with E-state index >= 15 is 0 Å². The lowest BCUT2D eigenvalue weighted by molar-refractivity contribution is 0.811. The summed E-state index contributed by atoms with van der Waals surface area (Å²) < 4.78 is 4.31. The first-order valence-electron chi connectivity index (χ1n) is 5.25. The first-order valence-corrected chi connectivity index (χ1v) is 5.25. The second kappa shape index (κ2) is 2.86. The first kappa shape index (κ1) is 8.53. The molecule has 0 fully saturated rings. The van der Waals surface area contributed by atoms with Crippen molar-refractivity contribution in [1.82, 2.24) is 14.2 Å². The van der Waals surface area contributed by atoms with Crippen LogP contribution in [-0.2, 0) is 6.54 Å². The largest absolute Gasteiger partial charge is 0.325 e. The number of fused-ring (bicyclic) bond motifs is 3. The van der Waals surface area contributed by atoms with Crippen LogP contribution in [0.5, 0.6) is 0 Å². The number of hydrogen-bond acceptors (Lipinski definition) is 1. The molecular weight excluding hydrogens is 186 g/mol. The predicted molar refractivity (Wildman–Crippen MR) is 61.1 cm³/mol. The first-order chi connectivity index (χ1) is 7.31. The van der Waals surface area contributed by atoms with E-state index < -0.39 is 0 Å². The maximum absolute atomic E-state index is 4.51. The molecule has 0 saturated heterocycles. The van der Waals surface area contributed by atoms with E-state index in [0.29, 0.717) is 0 Å². The summed E-state index contributed by atoms with van der Waals surface area (Å²) in [5, 5.41) is 4.51. The number of rotatable bonds is 1. The highest BCUT2D eigenvalue weighted by atomic mass is 15.3. The Morgan fingerprint density at radius 2 is 1.93 bits per heavy atom. The van der Waals surface area contributed by atoms with Crippen molar-refractivity contribution >= 4 is 16.7 Å². The normalized spacial score (nSPS) is 11.6. The van der Waals surface area contributed by atoms with Crippen LogP contribution < -0.4 is 0 Å². The molecule has 76 valence electrons. The topological polar surface area (TPSA) is 22.2 Å². The van der Waals surface area contributed by atoms with E-state index in [2.05, 4.69) is 46.9 Å². The predicted octanol–water partition coefficient (Wildman–Crippen LogP) is 2.62. The number of aryl methyl sites for hydroxylation is 2. The van der Waals surface area contributed by atoms with Crippen molar-refractivity contribution in [2.45, 2.75) is 20.4 Å². The van der Waals surface area contributed by atoms with Gasteiger partial charge in [0, 0.05) is 12.6 Å². The molecule has 0 unspecified atom stereocenters. The van der Waals surface area contributed by atoms with Gasteiger partial charge in [0.15, 0.2) is 0 Å². The van der Waals surface area contributed by atoms with Crippen molar-refractivity contribution in [3.05, 3.63) is 36.0 Å². The van der Waals surface area contributed by atoms with Crippen molar-refractivity contribution in [2.75, 3.05) is 0 Å². The standard InChI is InChI=1S/C12H13N3/c1-3-14-10-6-4-5-7-11(10)15-12(14)8-9(2)13-15/h4-8H,3H2,1-2H3. The van der Waals surface area contributed by atoms with Crippen molar-refractivity contribution in [3.63, 3.8) is 0 Å². The van der Waals surface area contributed by atoms with Crippen molar-refractivity contribution < 1.29 is 0 Å². The second-order valence-corrected chi connectivity index (χ2v) is 3.79. The van der Waals surface area contributed by atoms with Gasteiger partial charge in [-0.1, -0.05) is 12.1 Å². The van der Waals surface area contributed by atoms with Gasteiger partial charge < -0.3 is 4.57 Å². The number of nitrogens with zero attached hydrogens (tertiary/aromatic N) is 3. The van der Waals surface area contributed by atoms with Gasteiger partial charge in [0.05, 0.1) is 16.7 Å². The molecule has 0 spiro atoms. The molecule has 15 heavy (non-hydrogen) atoms. The van der Waals surface area contributed by atoms with Crippen LogP contribution in [-0.4, -0.2) is 14.2 Å². The zero-order valence-electron chi connectivity index (χ0n) is 8.94. The number of para-hydroxylation sites is 2. The zero-order valence-corrected chi connectivity index (χ0v) is 8.94. The maximum atomic E-state index is 4.51. The third-order valence-corrected chi connectivity index (χ3v) is 2.81. The molecule has 3 rings (SSSR count). The van der Waals surface area contributed by atoms with Crippen LogP contribution in [0.1, 0.15) is 12.6 Å². The van der Waals surface area contributed by atoms with Gasteiger partial charge in [-0.2, -0.15) is 5.10 Å². The molecule has 2 heterocycles. The Kier molecular flexibility index (Phi) is 1.63. The Morgan fingerprint density at radius 1 is 1.20 bits per heavy atom. The minimum Gasteiger partial charge on any atom is -0.325 e. The van der Waals surface area contributed by atoms with E-state index in [4.69, 9.17) is 0 Å². The molecule has 0 radical (unpaired) electrons. The highest BCUT2D eigenvalue weighted by Gasteiger charge is 2.09. The van der Waals surface area contributed by atoms with Crippen LogP contribution in [0.25, 0.3) is 16.7 Å². The molecule has 0 aliphatic heterocycles. The lowest BCUT2D eigenvalue weighted by atomic mass is 10.3. The Balaban J connectivity index is 2.58. The Labute approximate surface area is 87.9 Å². The van der Waals surface area contributed by atoms with E-state index in [9.17, 15) is 0 Å². The van der Waals surface area contributed by atoms with Gasteiger partial charge in [0.25, 0.3) is 0 Å². The highest BCUT2D eigenvalue weighted by Crippen LogP contribution is 2.20. The maximum Gasteiger partial charge on any atom is 0.137 e. The van der Waals surface area contributed by atoms with Crippen molar-refractivity contribution in [1.29, 1.82) is 0 Å². The highest BCUT2D eigenvalue weighted by molar-refractivity contribution is 5.81. The molecule has 0 atom stereocenters. The fourth-order valence-corrected chi connectivity index (χ4v) is 2.18. The van der Waals surface area contributed by atoms with E-state index in [-0.39, 0.29) is 0 Å². The number of aromatic nitrogens is 3. The fourth-order valence-electron chi connectivity index (χ4n) is 2.18.